The number of carbonyl (C=O) groups excluding carboxylic acids is 2. The van der Waals surface area contributed by atoms with Crippen molar-refractivity contribution in [3.63, 3.8) is 0 Å². The number of anilines is 2. The zero-order valence-electron chi connectivity index (χ0n) is 14.2. The molecule has 3 aromatic carbocycles. The second-order valence-corrected chi connectivity index (χ2v) is 6.57. The molecule has 28 heavy (non-hydrogen) atoms. The van der Waals surface area contributed by atoms with Crippen molar-refractivity contribution in [1.82, 2.24) is 0 Å². The lowest BCUT2D eigenvalue weighted by atomic mass is 10.1. The van der Waals surface area contributed by atoms with Gasteiger partial charge < -0.3 is 20.8 Å². The summed E-state index contributed by atoms with van der Waals surface area (Å²) in [7, 11) is 0. The molecule has 0 aromatic heterocycles. The summed E-state index contributed by atoms with van der Waals surface area (Å²) < 4.78 is 0. The number of benzene rings is 3. The molecule has 0 heterocycles. The van der Waals surface area contributed by atoms with E-state index in [4.69, 9.17) is 23.2 Å². The van der Waals surface area contributed by atoms with Gasteiger partial charge in [-0.1, -0.05) is 35.3 Å². The van der Waals surface area contributed by atoms with Crippen molar-refractivity contribution < 1.29 is 19.8 Å². The number of para-hydroxylation sites is 2. The molecule has 0 saturated carbocycles. The predicted molar refractivity (Wildman–Crippen MR) is 109 cm³/mol. The van der Waals surface area contributed by atoms with Gasteiger partial charge in [-0.05, 0) is 48.5 Å². The highest BCUT2D eigenvalue weighted by atomic mass is 35.5. The van der Waals surface area contributed by atoms with Crippen molar-refractivity contribution in [2.75, 3.05) is 10.6 Å². The fraction of sp³-hybridized carbons (Fsp3) is 0. The van der Waals surface area contributed by atoms with Crippen molar-refractivity contribution in [2.24, 2.45) is 0 Å². The molecule has 4 N–H and O–H groups in total. The van der Waals surface area contributed by atoms with Gasteiger partial charge in [0, 0.05) is 11.1 Å². The minimum Gasteiger partial charge on any atom is -0.506 e. The minimum absolute atomic E-state index is 0.102. The van der Waals surface area contributed by atoms with Crippen LogP contribution in [-0.4, -0.2) is 22.0 Å². The van der Waals surface area contributed by atoms with Gasteiger partial charge in [0.2, 0.25) is 0 Å². The maximum atomic E-state index is 12.3. The van der Waals surface area contributed by atoms with E-state index in [0.29, 0.717) is 0 Å². The number of nitrogens with one attached hydrogen (secondary N) is 2. The molecule has 0 spiro atoms. The number of phenols is 2. The number of aromatic hydroxyl groups is 2. The Kier molecular flexibility index (Phi) is 5.73. The number of hydrogen-bond donors (Lipinski definition) is 4. The van der Waals surface area contributed by atoms with E-state index < -0.39 is 11.8 Å². The summed E-state index contributed by atoms with van der Waals surface area (Å²) >= 11 is 11.9. The first-order valence-electron chi connectivity index (χ1n) is 8.04. The largest absolute Gasteiger partial charge is 0.506 e. The van der Waals surface area contributed by atoms with Crippen LogP contribution in [0.1, 0.15) is 20.7 Å². The van der Waals surface area contributed by atoms with E-state index in [1.54, 1.807) is 12.1 Å². The Hall–Kier alpha value is -3.22. The molecule has 0 bridgehead atoms. The van der Waals surface area contributed by atoms with Crippen LogP contribution in [0.5, 0.6) is 11.5 Å². The average molecular weight is 417 g/mol. The molecule has 0 fully saturated rings. The maximum absolute atomic E-state index is 12.3. The van der Waals surface area contributed by atoms with E-state index in [9.17, 15) is 19.8 Å². The molecule has 0 aliphatic heterocycles. The van der Waals surface area contributed by atoms with Crippen molar-refractivity contribution >= 4 is 46.4 Å². The Labute approximate surface area is 170 Å². The molecule has 0 unspecified atom stereocenters. The smallest absolute Gasteiger partial charge is 0.255 e. The van der Waals surface area contributed by atoms with Gasteiger partial charge in [-0.2, -0.15) is 0 Å². The SMILES string of the molecule is O=C(Nc1c(O)cccc1Cl)c1ccc(C(=O)Nc2c(O)cccc2Cl)cc1. The second-order valence-electron chi connectivity index (χ2n) is 5.75. The average Bonchev–Trinajstić information content (AvgIpc) is 2.67. The standard InChI is InChI=1S/C20H14Cl2N2O4/c21-13-3-1-5-15(25)17(13)23-19(27)11-7-9-12(10-8-11)20(28)24-18-14(22)4-2-6-16(18)26/h1-10,25-26H,(H,23,27)(H,24,28). The summed E-state index contributed by atoms with van der Waals surface area (Å²) in [4.78, 5) is 24.7. The van der Waals surface area contributed by atoms with E-state index in [2.05, 4.69) is 10.6 Å². The molecule has 142 valence electrons. The van der Waals surface area contributed by atoms with Gasteiger partial charge in [-0.3, -0.25) is 9.59 Å². The molecule has 0 saturated heterocycles. The van der Waals surface area contributed by atoms with Crippen LogP contribution in [0.4, 0.5) is 11.4 Å². The molecule has 6 nitrogen and oxygen atoms in total. The summed E-state index contributed by atoms with van der Waals surface area (Å²) in [6, 6.07) is 14.8. The lowest BCUT2D eigenvalue weighted by Gasteiger charge is -2.11. The first kappa shape index (κ1) is 19.5. The van der Waals surface area contributed by atoms with Gasteiger partial charge in [-0.15, -0.1) is 0 Å². The first-order valence-corrected chi connectivity index (χ1v) is 8.80. The number of halogens is 2. The molecule has 2 amide bonds. The second kappa shape index (κ2) is 8.21. The third kappa shape index (κ3) is 4.19. The van der Waals surface area contributed by atoms with Crippen LogP contribution in [0.25, 0.3) is 0 Å². The zero-order valence-corrected chi connectivity index (χ0v) is 15.8. The summed E-state index contributed by atoms with van der Waals surface area (Å²) in [6.45, 7) is 0. The first-order chi connectivity index (χ1) is 13.4. The van der Waals surface area contributed by atoms with Crippen LogP contribution < -0.4 is 10.6 Å². The molecule has 0 atom stereocenters. The predicted octanol–water partition coefficient (Wildman–Crippen LogP) is 4.91. The summed E-state index contributed by atoms with van der Waals surface area (Å²) in [6.07, 6.45) is 0. The monoisotopic (exact) mass is 416 g/mol. The Morgan fingerprint density at radius 2 is 1.00 bits per heavy atom. The van der Waals surface area contributed by atoms with E-state index in [1.807, 2.05) is 0 Å². The van der Waals surface area contributed by atoms with Gasteiger partial charge in [0.1, 0.15) is 22.9 Å². The maximum Gasteiger partial charge on any atom is 0.255 e. The van der Waals surface area contributed by atoms with Crippen molar-refractivity contribution in [1.29, 1.82) is 0 Å². The highest BCUT2D eigenvalue weighted by molar-refractivity contribution is 6.34. The van der Waals surface area contributed by atoms with Crippen LogP contribution in [0.15, 0.2) is 60.7 Å². The normalized spacial score (nSPS) is 10.4. The van der Waals surface area contributed by atoms with Crippen molar-refractivity contribution in [3.05, 3.63) is 81.8 Å². The number of rotatable bonds is 4. The molecule has 0 radical (unpaired) electrons. The molecule has 8 heteroatoms. The zero-order chi connectivity index (χ0) is 20.3. The van der Waals surface area contributed by atoms with Gasteiger partial charge in [0.05, 0.1) is 10.0 Å². The van der Waals surface area contributed by atoms with Gasteiger partial charge in [-0.25, -0.2) is 0 Å². The molecule has 0 aliphatic carbocycles. The van der Waals surface area contributed by atoms with Crippen LogP contribution >= 0.6 is 23.2 Å². The van der Waals surface area contributed by atoms with Crippen LogP contribution in [0, 0.1) is 0 Å². The van der Waals surface area contributed by atoms with Crippen molar-refractivity contribution in [3.8, 4) is 11.5 Å². The number of phenolic OH excluding ortho intramolecular Hbond substituents is 2. The van der Waals surface area contributed by atoms with E-state index >= 15 is 0 Å². The number of hydrogen-bond acceptors (Lipinski definition) is 4. The lowest BCUT2D eigenvalue weighted by molar-refractivity contribution is 0.101. The molecular formula is C20H14Cl2N2O4. The van der Waals surface area contributed by atoms with Gasteiger partial charge >= 0.3 is 0 Å². The van der Waals surface area contributed by atoms with Crippen molar-refractivity contribution in [2.45, 2.75) is 0 Å². The summed E-state index contributed by atoms with van der Waals surface area (Å²) in [5.74, 6) is -1.31. The molecule has 3 rings (SSSR count). The number of carbonyl (C=O) groups is 2. The van der Waals surface area contributed by atoms with Crippen LogP contribution in [0.3, 0.4) is 0 Å². The highest BCUT2D eigenvalue weighted by Crippen LogP contribution is 2.32. The summed E-state index contributed by atoms with van der Waals surface area (Å²) in [5, 5.41) is 25.1. The number of amides is 2. The Morgan fingerprint density at radius 3 is 1.32 bits per heavy atom. The highest BCUT2D eigenvalue weighted by Gasteiger charge is 2.15. The topological polar surface area (TPSA) is 98.7 Å². The van der Waals surface area contributed by atoms with Gasteiger partial charge in [0.15, 0.2) is 0 Å². The third-order valence-corrected chi connectivity index (χ3v) is 4.50. The Balaban J connectivity index is 1.74. The summed E-state index contributed by atoms with van der Waals surface area (Å²) in [5.41, 5.74) is 0.725. The molecular weight excluding hydrogens is 403 g/mol. The lowest BCUT2D eigenvalue weighted by Crippen LogP contribution is -2.15. The fourth-order valence-electron chi connectivity index (χ4n) is 2.42. The van der Waals surface area contributed by atoms with E-state index in [1.165, 1.54) is 48.5 Å². The fourth-order valence-corrected chi connectivity index (χ4v) is 2.85. The van der Waals surface area contributed by atoms with E-state index in [-0.39, 0.29) is 44.0 Å². The molecule has 0 aliphatic rings. The Bertz CT molecular complexity index is 928. The van der Waals surface area contributed by atoms with Crippen LogP contribution in [-0.2, 0) is 0 Å². The Morgan fingerprint density at radius 1 is 0.643 bits per heavy atom. The quantitative estimate of drug-likeness (QED) is 0.454. The van der Waals surface area contributed by atoms with E-state index in [0.717, 1.165) is 0 Å². The molecule has 3 aromatic rings. The van der Waals surface area contributed by atoms with Gasteiger partial charge in [0.25, 0.3) is 11.8 Å². The van der Waals surface area contributed by atoms with Crippen LogP contribution in [0.2, 0.25) is 10.0 Å². The third-order valence-electron chi connectivity index (χ3n) is 3.87. The minimum atomic E-state index is -0.501.